The number of piperidine rings is 1. The Bertz CT molecular complexity index is 734. The molecule has 0 unspecified atom stereocenters. The molecule has 25 heavy (non-hydrogen) atoms. The van der Waals surface area contributed by atoms with Gasteiger partial charge < -0.3 is 4.74 Å². The molecule has 1 aliphatic rings. The van der Waals surface area contributed by atoms with Gasteiger partial charge in [-0.05, 0) is 68.3 Å². The molecule has 0 N–H and O–H groups in total. The molecule has 1 aliphatic heterocycles. The van der Waals surface area contributed by atoms with Crippen molar-refractivity contribution in [3.8, 4) is 11.5 Å². The molecule has 1 fully saturated rings. The molecule has 2 nitrogen and oxygen atoms in total. The van der Waals surface area contributed by atoms with E-state index in [4.69, 9.17) is 4.74 Å². The van der Waals surface area contributed by atoms with Crippen molar-refractivity contribution >= 4 is 5.57 Å². The molecule has 0 aliphatic carbocycles. The molecule has 1 saturated heterocycles. The minimum absolute atomic E-state index is 0.0199. The summed E-state index contributed by atoms with van der Waals surface area (Å²) >= 11 is 0. The zero-order valence-electron chi connectivity index (χ0n) is 14.5. The summed E-state index contributed by atoms with van der Waals surface area (Å²) in [6, 6.07) is 10.8. The smallest absolute Gasteiger partial charge is 0.168 e. The lowest BCUT2D eigenvalue weighted by Gasteiger charge is -2.25. The van der Waals surface area contributed by atoms with Crippen molar-refractivity contribution in [1.29, 1.82) is 0 Å². The Morgan fingerprint density at radius 2 is 1.76 bits per heavy atom. The van der Waals surface area contributed by atoms with Gasteiger partial charge in [-0.15, -0.1) is 0 Å². The molecule has 132 valence electrons. The molecule has 4 heteroatoms. The number of rotatable bonds is 5. The summed E-state index contributed by atoms with van der Waals surface area (Å²) in [5.74, 6) is -0.777. The predicted molar refractivity (Wildman–Crippen MR) is 96.8 cm³/mol. The van der Waals surface area contributed by atoms with E-state index in [1.807, 2.05) is 12.1 Å². The third-order valence-electron chi connectivity index (χ3n) is 4.54. The third-order valence-corrected chi connectivity index (χ3v) is 4.54. The quantitative estimate of drug-likeness (QED) is 0.696. The highest BCUT2D eigenvalue weighted by molar-refractivity contribution is 5.64. The fourth-order valence-electron chi connectivity index (χ4n) is 3.00. The summed E-state index contributed by atoms with van der Waals surface area (Å²) in [5.41, 5.74) is 2.33. The van der Waals surface area contributed by atoms with Crippen LogP contribution in [0.2, 0.25) is 0 Å². The summed E-state index contributed by atoms with van der Waals surface area (Å²) in [7, 11) is 0. The largest absolute Gasteiger partial charge is 0.454 e. The van der Waals surface area contributed by atoms with Crippen LogP contribution in [-0.2, 0) is 0 Å². The summed E-state index contributed by atoms with van der Waals surface area (Å²) in [5, 5.41) is 0. The van der Waals surface area contributed by atoms with Crippen LogP contribution in [0.4, 0.5) is 8.78 Å². The van der Waals surface area contributed by atoms with Gasteiger partial charge in [-0.25, -0.2) is 8.78 Å². The molecule has 2 aromatic carbocycles. The molecule has 0 aromatic heterocycles. The van der Waals surface area contributed by atoms with Gasteiger partial charge in [0.1, 0.15) is 11.6 Å². The Morgan fingerprint density at radius 3 is 2.44 bits per heavy atom. The Labute approximate surface area is 147 Å². The zero-order chi connectivity index (χ0) is 17.6. The predicted octanol–water partition coefficient (Wildman–Crippen LogP) is 5.65. The van der Waals surface area contributed by atoms with Gasteiger partial charge in [-0.2, -0.15) is 0 Å². The number of halogens is 2. The van der Waals surface area contributed by atoms with Crippen LogP contribution < -0.4 is 4.74 Å². The average Bonchev–Trinajstić information content (AvgIpc) is 2.63. The van der Waals surface area contributed by atoms with Crippen LogP contribution in [0, 0.1) is 11.6 Å². The third kappa shape index (κ3) is 4.89. The maximum atomic E-state index is 13.6. The van der Waals surface area contributed by atoms with Gasteiger partial charge in [0.05, 0.1) is 0 Å². The van der Waals surface area contributed by atoms with E-state index in [0.717, 1.165) is 18.2 Å². The van der Waals surface area contributed by atoms with Crippen molar-refractivity contribution < 1.29 is 13.5 Å². The first-order chi connectivity index (χ1) is 12.1. The van der Waals surface area contributed by atoms with Crippen LogP contribution in [-0.4, -0.2) is 24.5 Å². The Kier molecular flexibility index (Phi) is 5.82. The first kappa shape index (κ1) is 17.6. The lowest BCUT2D eigenvalue weighted by molar-refractivity contribution is 0.251. The fraction of sp³-hybridized carbons (Fsp3) is 0.333. The summed E-state index contributed by atoms with van der Waals surface area (Å²) in [6.07, 6.45) is 6.17. The van der Waals surface area contributed by atoms with Gasteiger partial charge in [0.15, 0.2) is 11.6 Å². The SMILES string of the molecule is C/C(=C/CN1CCCCC1)c1ccc(Oc2ccc(F)cc2F)cc1. The number of nitrogens with zero attached hydrogens (tertiary/aromatic N) is 1. The highest BCUT2D eigenvalue weighted by Crippen LogP contribution is 2.26. The van der Waals surface area contributed by atoms with Gasteiger partial charge in [0.2, 0.25) is 0 Å². The van der Waals surface area contributed by atoms with Gasteiger partial charge in [-0.3, -0.25) is 4.90 Å². The molecule has 0 spiro atoms. The second kappa shape index (κ2) is 8.26. The first-order valence-corrected chi connectivity index (χ1v) is 8.74. The van der Waals surface area contributed by atoms with Crippen LogP contribution in [0.25, 0.3) is 5.57 Å². The van der Waals surface area contributed by atoms with Crippen LogP contribution in [0.1, 0.15) is 31.7 Å². The van der Waals surface area contributed by atoms with E-state index in [9.17, 15) is 8.78 Å². The Balaban J connectivity index is 1.62. The van der Waals surface area contributed by atoms with Crippen LogP contribution in [0.5, 0.6) is 11.5 Å². The second-order valence-electron chi connectivity index (χ2n) is 6.45. The first-order valence-electron chi connectivity index (χ1n) is 8.74. The molecule has 0 atom stereocenters. The van der Waals surface area contributed by atoms with E-state index in [1.165, 1.54) is 50.1 Å². The van der Waals surface area contributed by atoms with Crippen molar-refractivity contribution in [1.82, 2.24) is 4.90 Å². The maximum absolute atomic E-state index is 13.6. The monoisotopic (exact) mass is 343 g/mol. The highest BCUT2D eigenvalue weighted by atomic mass is 19.1. The van der Waals surface area contributed by atoms with Crippen LogP contribution in [0.3, 0.4) is 0 Å². The van der Waals surface area contributed by atoms with E-state index < -0.39 is 11.6 Å². The molecular weight excluding hydrogens is 320 g/mol. The van der Waals surface area contributed by atoms with Crippen LogP contribution >= 0.6 is 0 Å². The van der Waals surface area contributed by atoms with Gasteiger partial charge in [-0.1, -0.05) is 24.6 Å². The molecule has 2 aromatic rings. The zero-order valence-corrected chi connectivity index (χ0v) is 14.5. The summed E-state index contributed by atoms with van der Waals surface area (Å²) in [6.45, 7) is 5.43. The lowest BCUT2D eigenvalue weighted by atomic mass is 10.1. The van der Waals surface area contributed by atoms with E-state index in [-0.39, 0.29) is 5.75 Å². The maximum Gasteiger partial charge on any atom is 0.168 e. The second-order valence-corrected chi connectivity index (χ2v) is 6.45. The molecule has 3 rings (SSSR count). The number of hydrogen-bond acceptors (Lipinski definition) is 2. The molecule has 0 saturated carbocycles. The van der Waals surface area contributed by atoms with E-state index in [0.29, 0.717) is 5.75 Å². The normalized spacial score (nSPS) is 16.0. The lowest BCUT2D eigenvalue weighted by Crippen LogP contribution is -2.29. The molecule has 1 heterocycles. The summed E-state index contributed by atoms with van der Waals surface area (Å²) < 4.78 is 32.1. The van der Waals surface area contributed by atoms with Gasteiger partial charge in [0.25, 0.3) is 0 Å². The minimum Gasteiger partial charge on any atom is -0.454 e. The topological polar surface area (TPSA) is 12.5 Å². The van der Waals surface area contributed by atoms with Gasteiger partial charge in [0, 0.05) is 12.6 Å². The Morgan fingerprint density at radius 1 is 1.04 bits per heavy atom. The average molecular weight is 343 g/mol. The van der Waals surface area contributed by atoms with Crippen molar-refractivity contribution in [3.05, 3.63) is 65.7 Å². The van der Waals surface area contributed by atoms with E-state index in [1.54, 1.807) is 12.1 Å². The molecule has 0 amide bonds. The van der Waals surface area contributed by atoms with E-state index >= 15 is 0 Å². The van der Waals surface area contributed by atoms with Gasteiger partial charge >= 0.3 is 0 Å². The van der Waals surface area contributed by atoms with E-state index in [2.05, 4.69) is 17.9 Å². The van der Waals surface area contributed by atoms with Crippen molar-refractivity contribution in [3.63, 3.8) is 0 Å². The number of likely N-dealkylation sites (tertiary alicyclic amines) is 1. The van der Waals surface area contributed by atoms with Crippen molar-refractivity contribution in [2.75, 3.05) is 19.6 Å². The molecule has 0 radical (unpaired) electrons. The van der Waals surface area contributed by atoms with Crippen molar-refractivity contribution in [2.24, 2.45) is 0 Å². The molecule has 0 bridgehead atoms. The van der Waals surface area contributed by atoms with Crippen molar-refractivity contribution in [2.45, 2.75) is 26.2 Å². The highest BCUT2D eigenvalue weighted by Gasteiger charge is 2.09. The molecular formula is C21H23F2NO. The Hall–Kier alpha value is -2.20. The number of allylic oxidation sites excluding steroid dienone is 1. The number of hydrogen-bond donors (Lipinski definition) is 0. The number of benzene rings is 2. The summed E-state index contributed by atoms with van der Waals surface area (Å²) in [4.78, 5) is 2.47. The number of ether oxygens (including phenoxy) is 1. The standard InChI is InChI=1S/C21H23F2NO/c1-16(11-14-24-12-3-2-4-13-24)17-5-8-19(9-6-17)25-21-10-7-18(22)15-20(21)23/h5-11,15H,2-4,12-14H2,1H3/b16-11-. The van der Waals surface area contributed by atoms with Crippen LogP contribution in [0.15, 0.2) is 48.5 Å². The minimum atomic E-state index is -0.707. The fourth-order valence-corrected chi connectivity index (χ4v) is 3.00.